The molecule has 0 saturated heterocycles. The third-order valence-electron chi connectivity index (χ3n) is 5.77. The Kier molecular flexibility index (Phi) is 10.4. The molecule has 0 aromatic heterocycles. The van der Waals surface area contributed by atoms with Crippen LogP contribution in [0.4, 0.5) is 0 Å². The second-order valence-corrected chi connectivity index (χ2v) is 14.2. The molecule has 0 saturated carbocycles. The zero-order valence-corrected chi connectivity index (χ0v) is 24.9. The smallest absolute Gasteiger partial charge is 0.393 e. The third kappa shape index (κ3) is 6.00. The zero-order chi connectivity index (χ0) is 25.4. The van der Waals surface area contributed by atoms with Crippen LogP contribution >= 0.6 is 0 Å². The second-order valence-electron chi connectivity index (χ2n) is 7.57. The Balaban J connectivity index is 2.10. The summed E-state index contributed by atoms with van der Waals surface area (Å²) in [7, 11) is 9.77. The lowest BCUT2D eigenvalue weighted by molar-refractivity contribution is 0.291. The normalized spacial score (nSPS) is 12.2. The molecule has 0 aliphatic rings. The van der Waals surface area contributed by atoms with E-state index in [1.54, 1.807) is 42.7 Å². The molecule has 3 rings (SSSR count). The lowest BCUT2D eigenvalue weighted by Gasteiger charge is -2.32. The van der Waals surface area contributed by atoms with Gasteiger partial charge < -0.3 is 26.6 Å². The number of benzene rings is 3. The van der Waals surface area contributed by atoms with Gasteiger partial charge in [-0.15, -0.1) is 0 Å². The Labute approximate surface area is 217 Å². The summed E-state index contributed by atoms with van der Waals surface area (Å²) in [5, 5.41) is 2.54. The van der Waals surface area contributed by atoms with Crippen molar-refractivity contribution >= 4 is 53.7 Å². The molecule has 3 aromatic rings. The molecule has 0 amide bonds. The predicted molar refractivity (Wildman–Crippen MR) is 143 cm³/mol. The van der Waals surface area contributed by atoms with Gasteiger partial charge in [0.1, 0.15) is 0 Å². The fraction of sp³-hybridized carbons (Fsp3) is 0.280. The fourth-order valence-electron chi connectivity index (χ4n) is 4.03. The number of hydrogen-bond donors (Lipinski definition) is 0. The summed E-state index contributed by atoms with van der Waals surface area (Å²) in [6.45, 7) is 0. The molecule has 0 fully saturated rings. The van der Waals surface area contributed by atoms with Crippen LogP contribution in [0, 0.1) is 0 Å². The quantitative estimate of drug-likeness (QED) is 0.254. The van der Waals surface area contributed by atoms with E-state index < -0.39 is 32.9 Å². The lowest BCUT2D eigenvalue weighted by Crippen LogP contribution is -2.38. The van der Waals surface area contributed by atoms with E-state index in [2.05, 4.69) is 83.0 Å². The lowest BCUT2D eigenvalue weighted by atomic mass is 9.84. The van der Waals surface area contributed by atoms with Crippen LogP contribution in [0.5, 0.6) is 0 Å². The highest BCUT2D eigenvalue weighted by Gasteiger charge is 2.33. The van der Waals surface area contributed by atoms with Crippen LogP contribution in [0.25, 0.3) is 0 Å². The number of rotatable bonds is 12. The van der Waals surface area contributed by atoms with Crippen molar-refractivity contribution in [3.05, 3.63) is 89.5 Å². The second kappa shape index (κ2) is 13.0. The Morgan fingerprint density at radius 2 is 0.629 bits per heavy atom. The minimum atomic E-state index is -1.50. The molecule has 3 aromatic carbocycles. The maximum atomic E-state index is 5.52. The maximum absolute atomic E-state index is 5.52. The van der Waals surface area contributed by atoms with Gasteiger partial charge in [0.05, 0.1) is 10.2 Å². The first-order valence-corrected chi connectivity index (χ1v) is 15.3. The average Bonchev–Trinajstić information content (AvgIpc) is 2.91. The molecule has 0 bridgehead atoms. The van der Waals surface area contributed by atoms with E-state index in [-0.39, 0.29) is 0 Å². The summed E-state index contributed by atoms with van der Waals surface area (Å²) in [4.78, 5) is 0. The minimum absolute atomic E-state index is 0.595. The summed E-state index contributed by atoms with van der Waals surface area (Å²) < 4.78 is 33.1. The van der Waals surface area contributed by atoms with E-state index in [0.29, 0.717) is 0 Å². The molecule has 0 unspecified atom stereocenters. The van der Waals surface area contributed by atoms with Crippen LogP contribution in [-0.4, -0.2) is 80.8 Å². The molecule has 6 nitrogen and oxygen atoms in total. The van der Waals surface area contributed by atoms with Crippen molar-refractivity contribution < 1.29 is 26.6 Å². The molecular weight excluding hydrogens is 509 g/mol. The van der Waals surface area contributed by atoms with Gasteiger partial charge in [0, 0.05) is 47.7 Å². The molecule has 6 radical (unpaired) electrons. The Bertz CT molecular complexity index is 900. The molecule has 182 valence electrons. The molecule has 0 heterocycles. The molecule has 0 aliphatic heterocycles. The standard InChI is InChI=1S/C25H30O6Si4/c1-26-33(27-2)22-13-7-19(8-14-22)25(32,20-9-15-23(16-10-20)34(28-3)29-4)21-11-17-24(18-12-21)35(30-5)31-6/h7-18H,1-6H3. The van der Waals surface area contributed by atoms with E-state index >= 15 is 0 Å². The van der Waals surface area contributed by atoms with Gasteiger partial charge >= 0.3 is 27.9 Å². The molecule has 0 aliphatic carbocycles. The molecule has 0 atom stereocenters. The summed E-state index contributed by atoms with van der Waals surface area (Å²) >= 11 is 0. The van der Waals surface area contributed by atoms with Gasteiger partial charge in [-0.2, -0.15) is 0 Å². The molecular formula is C25H30O6Si4. The molecule has 0 spiro atoms. The molecule has 35 heavy (non-hydrogen) atoms. The maximum Gasteiger partial charge on any atom is 0.423 e. The monoisotopic (exact) mass is 538 g/mol. The van der Waals surface area contributed by atoms with Crippen molar-refractivity contribution in [3.63, 3.8) is 0 Å². The van der Waals surface area contributed by atoms with Crippen molar-refractivity contribution in [2.75, 3.05) is 42.7 Å². The highest BCUT2D eigenvalue weighted by molar-refractivity contribution is 6.62. The van der Waals surface area contributed by atoms with E-state index in [4.69, 9.17) is 26.6 Å². The average molecular weight is 539 g/mol. The molecule has 0 N–H and O–H groups in total. The summed E-state index contributed by atoms with van der Waals surface area (Å²) in [6.07, 6.45) is 0. The topological polar surface area (TPSA) is 55.4 Å². The third-order valence-corrected chi connectivity index (χ3v) is 11.3. The summed E-state index contributed by atoms with van der Waals surface area (Å²) in [5.41, 5.74) is 3.25. The predicted octanol–water partition coefficient (Wildman–Crippen LogP) is 1.11. The summed E-state index contributed by atoms with van der Waals surface area (Å²) in [6, 6.07) is 25.1. The van der Waals surface area contributed by atoms with E-state index in [9.17, 15) is 0 Å². The van der Waals surface area contributed by atoms with Crippen molar-refractivity contribution in [1.82, 2.24) is 0 Å². The van der Waals surface area contributed by atoms with Crippen LogP contribution in [0.3, 0.4) is 0 Å². The van der Waals surface area contributed by atoms with Gasteiger partial charge in [-0.3, -0.25) is 0 Å². The van der Waals surface area contributed by atoms with Gasteiger partial charge in [-0.05, 0) is 32.3 Å². The van der Waals surface area contributed by atoms with Crippen LogP contribution < -0.4 is 15.6 Å². The Morgan fingerprint density at radius 1 is 0.429 bits per heavy atom. The largest absolute Gasteiger partial charge is 0.423 e. The Hall–Kier alpha value is -1.71. The van der Waals surface area contributed by atoms with Crippen molar-refractivity contribution in [2.24, 2.45) is 0 Å². The SMILES string of the molecule is CO[Si](OC)c1ccc(C([Si])(c2ccc([Si](OC)OC)cc2)c2ccc([Si](OC)OC)cc2)cc1. The highest BCUT2D eigenvalue weighted by atomic mass is 28.3. The van der Waals surface area contributed by atoms with E-state index in [0.717, 1.165) is 32.3 Å². The Morgan fingerprint density at radius 3 is 0.800 bits per heavy atom. The van der Waals surface area contributed by atoms with E-state index in [1.807, 2.05) is 0 Å². The van der Waals surface area contributed by atoms with Crippen LogP contribution in [0.1, 0.15) is 16.7 Å². The zero-order valence-electron chi connectivity index (χ0n) is 20.9. The van der Waals surface area contributed by atoms with Gasteiger partial charge in [0.15, 0.2) is 0 Å². The first kappa shape index (κ1) is 27.9. The van der Waals surface area contributed by atoms with Crippen LogP contribution in [-0.2, 0) is 31.6 Å². The van der Waals surface area contributed by atoms with Crippen LogP contribution in [0.15, 0.2) is 72.8 Å². The van der Waals surface area contributed by atoms with Gasteiger partial charge in [-0.25, -0.2) is 0 Å². The highest BCUT2D eigenvalue weighted by Crippen LogP contribution is 2.35. The molecule has 10 heteroatoms. The minimum Gasteiger partial charge on any atom is -0.393 e. The first-order chi connectivity index (χ1) is 17.0. The van der Waals surface area contributed by atoms with Gasteiger partial charge in [0.2, 0.25) is 0 Å². The fourth-order valence-corrected chi connectivity index (χ4v) is 7.76. The van der Waals surface area contributed by atoms with Crippen molar-refractivity contribution in [2.45, 2.75) is 5.04 Å². The summed E-state index contributed by atoms with van der Waals surface area (Å²) in [5.74, 6) is 0. The van der Waals surface area contributed by atoms with Crippen molar-refractivity contribution in [1.29, 1.82) is 0 Å². The van der Waals surface area contributed by atoms with Crippen LogP contribution in [0.2, 0.25) is 0 Å². The van der Waals surface area contributed by atoms with E-state index in [1.165, 1.54) is 0 Å². The number of hydrogen-bond acceptors (Lipinski definition) is 6. The van der Waals surface area contributed by atoms with Crippen molar-refractivity contribution in [3.8, 4) is 0 Å². The van der Waals surface area contributed by atoms with Gasteiger partial charge in [-0.1, -0.05) is 72.8 Å². The van der Waals surface area contributed by atoms with Gasteiger partial charge in [0.25, 0.3) is 0 Å². The first-order valence-electron chi connectivity index (χ1n) is 10.9.